The normalized spacial score (nSPS) is 10.8. The van der Waals surface area contributed by atoms with Crippen molar-refractivity contribution in [3.05, 3.63) is 60.2 Å². The van der Waals surface area contributed by atoms with Crippen LogP contribution in [0, 0.1) is 5.82 Å². The molecule has 0 radical (unpaired) electrons. The molecule has 0 aliphatic carbocycles. The zero-order valence-electron chi connectivity index (χ0n) is 13.5. The molecule has 2 rings (SSSR count). The Balaban J connectivity index is 0.00000288. The average molecular weight is 460 g/mol. The summed E-state index contributed by atoms with van der Waals surface area (Å²) in [7, 11) is 0. The number of benzene rings is 1. The molecule has 4 nitrogen and oxygen atoms in total. The molecule has 2 N–H and O–H groups in total. The smallest absolute Gasteiger partial charge is 0.191 e. The minimum atomic E-state index is -0.327. The Morgan fingerprint density at radius 2 is 1.96 bits per heavy atom. The predicted molar refractivity (Wildman–Crippen MR) is 110 cm³/mol. The topological polar surface area (TPSA) is 49.3 Å². The Bertz CT molecular complexity index is 625. The summed E-state index contributed by atoms with van der Waals surface area (Å²) in [5.41, 5.74) is 0.350. The zero-order valence-corrected chi connectivity index (χ0v) is 16.7. The van der Waals surface area contributed by atoms with Crippen LogP contribution in [-0.2, 0) is 6.54 Å². The van der Waals surface area contributed by atoms with Crippen LogP contribution in [0.25, 0.3) is 0 Å². The quantitative estimate of drug-likeness (QED) is 0.218. The fourth-order valence-corrected chi connectivity index (χ4v) is 2.67. The Labute approximate surface area is 163 Å². The lowest BCUT2D eigenvalue weighted by Crippen LogP contribution is -2.38. The van der Waals surface area contributed by atoms with Crippen LogP contribution in [-0.4, -0.2) is 29.8 Å². The van der Waals surface area contributed by atoms with Gasteiger partial charge in [-0.15, -0.1) is 35.7 Å². The molecule has 0 bridgehead atoms. The number of halogens is 2. The molecule has 130 valence electrons. The first-order valence-corrected chi connectivity index (χ1v) is 8.57. The molecule has 0 unspecified atom stereocenters. The van der Waals surface area contributed by atoms with Gasteiger partial charge in [-0.2, -0.15) is 0 Å². The minimum absolute atomic E-state index is 0. The highest BCUT2D eigenvalue weighted by molar-refractivity contribution is 14.0. The van der Waals surface area contributed by atoms with Gasteiger partial charge in [-0.3, -0.25) is 4.98 Å². The number of nitrogens with one attached hydrogen (secondary N) is 2. The average Bonchev–Trinajstić information content (AvgIpc) is 2.58. The third-order valence-electron chi connectivity index (χ3n) is 2.97. The molecule has 1 aromatic carbocycles. The fraction of sp³-hybridized carbons (Fsp3) is 0.294. The molecular weight excluding hydrogens is 438 g/mol. The number of guanidine groups is 1. The highest BCUT2D eigenvalue weighted by Crippen LogP contribution is 2.15. The summed E-state index contributed by atoms with van der Waals surface area (Å²) in [4.78, 5) is 9.62. The van der Waals surface area contributed by atoms with E-state index < -0.39 is 0 Å². The number of rotatable bonds is 7. The number of nitrogens with zero attached hydrogens (tertiary/aromatic N) is 2. The number of aromatic nitrogens is 1. The van der Waals surface area contributed by atoms with Gasteiger partial charge in [0.15, 0.2) is 5.96 Å². The van der Waals surface area contributed by atoms with Gasteiger partial charge in [0.25, 0.3) is 0 Å². The highest BCUT2D eigenvalue weighted by atomic mass is 127. The van der Waals surface area contributed by atoms with Gasteiger partial charge in [0.1, 0.15) is 5.82 Å². The maximum atomic E-state index is 13.5. The first-order valence-electron chi connectivity index (χ1n) is 7.59. The maximum absolute atomic E-state index is 13.5. The first kappa shape index (κ1) is 20.7. The second-order valence-corrected chi connectivity index (χ2v) is 5.88. The molecule has 0 atom stereocenters. The van der Waals surface area contributed by atoms with Gasteiger partial charge in [0, 0.05) is 29.9 Å². The third kappa shape index (κ3) is 7.48. The second kappa shape index (κ2) is 12.1. The van der Waals surface area contributed by atoms with E-state index in [0.717, 1.165) is 18.8 Å². The number of pyridine rings is 1. The number of thioether (sulfide) groups is 1. The largest absolute Gasteiger partial charge is 0.357 e. The van der Waals surface area contributed by atoms with Crippen LogP contribution in [0.5, 0.6) is 0 Å². The van der Waals surface area contributed by atoms with E-state index in [2.05, 4.69) is 32.7 Å². The molecule has 7 heteroatoms. The van der Waals surface area contributed by atoms with E-state index in [1.165, 1.54) is 11.0 Å². The molecule has 2 aromatic rings. The van der Waals surface area contributed by atoms with Crippen molar-refractivity contribution >= 4 is 41.7 Å². The monoisotopic (exact) mass is 460 g/mol. The van der Waals surface area contributed by atoms with Crippen LogP contribution in [0.1, 0.15) is 12.6 Å². The lowest BCUT2D eigenvalue weighted by atomic mass is 10.3. The van der Waals surface area contributed by atoms with Crippen molar-refractivity contribution in [3.63, 3.8) is 0 Å². The van der Waals surface area contributed by atoms with Crippen molar-refractivity contribution in [2.24, 2.45) is 4.99 Å². The van der Waals surface area contributed by atoms with E-state index >= 15 is 0 Å². The van der Waals surface area contributed by atoms with Crippen LogP contribution >= 0.6 is 35.7 Å². The highest BCUT2D eigenvalue weighted by Gasteiger charge is 2.02. The summed E-state index contributed by atoms with van der Waals surface area (Å²) < 4.78 is 13.5. The molecule has 0 amide bonds. The lowest BCUT2D eigenvalue weighted by Gasteiger charge is -2.11. The van der Waals surface area contributed by atoms with E-state index in [1.807, 2.05) is 25.1 Å². The van der Waals surface area contributed by atoms with E-state index in [1.54, 1.807) is 24.0 Å². The van der Waals surface area contributed by atoms with Crippen molar-refractivity contribution in [1.29, 1.82) is 0 Å². The maximum Gasteiger partial charge on any atom is 0.191 e. The van der Waals surface area contributed by atoms with E-state index in [0.29, 0.717) is 11.7 Å². The minimum Gasteiger partial charge on any atom is -0.357 e. The van der Waals surface area contributed by atoms with E-state index in [-0.39, 0.29) is 36.3 Å². The van der Waals surface area contributed by atoms with Crippen molar-refractivity contribution in [3.8, 4) is 0 Å². The third-order valence-corrected chi connectivity index (χ3v) is 3.99. The Kier molecular flexibility index (Phi) is 10.4. The standard InChI is InChI=1S/C17H21FN4S.HI/c1-2-19-17(22-13-16-15(18)9-6-10-20-16)21-11-12-23-14-7-4-3-5-8-14;/h3-10H,2,11-13H2,1H3,(H2,19,21,22);1H. The molecule has 0 aliphatic heterocycles. The lowest BCUT2D eigenvalue weighted by molar-refractivity contribution is 0.599. The van der Waals surface area contributed by atoms with Gasteiger partial charge in [-0.25, -0.2) is 9.38 Å². The van der Waals surface area contributed by atoms with Crippen LogP contribution < -0.4 is 10.6 Å². The molecular formula is C17H22FIN4S. The van der Waals surface area contributed by atoms with Crippen molar-refractivity contribution in [2.75, 3.05) is 18.8 Å². The van der Waals surface area contributed by atoms with Gasteiger partial charge in [0.05, 0.1) is 12.2 Å². The summed E-state index contributed by atoms with van der Waals surface area (Å²) in [5.74, 6) is 1.27. The molecule has 0 saturated heterocycles. The van der Waals surface area contributed by atoms with Gasteiger partial charge in [0.2, 0.25) is 0 Å². The van der Waals surface area contributed by atoms with Crippen LogP contribution in [0.3, 0.4) is 0 Å². The summed E-state index contributed by atoms with van der Waals surface area (Å²) in [6, 6.07) is 13.2. The number of hydrogen-bond acceptors (Lipinski definition) is 3. The van der Waals surface area contributed by atoms with Gasteiger partial charge >= 0.3 is 0 Å². The number of aliphatic imine (C=N–C) groups is 1. The SMILES string of the molecule is CCNC(=NCc1ncccc1F)NCCSc1ccccc1.I. The molecule has 0 spiro atoms. The van der Waals surface area contributed by atoms with Gasteiger partial charge < -0.3 is 10.6 Å². The van der Waals surface area contributed by atoms with Crippen LogP contribution in [0.4, 0.5) is 4.39 Å². The van der Waals surface area contributed by atoms with E-state index in [4.69, 9.17) is 0 Å². The number of hydrogen-bond donors (Lipinski definition) is 2. The van der Waals surface area contributed by atoms with Crippen molar-refractivity contribution in [2.45, 2.75) is 18.4 Å². The van der Waals surface area contributed by atoms with Gasteiger partial charge in [-0.05, 0) is 31.2 Å². The Morgan fingerprint density at radius 1 is 1.17 bits per heavy atom. The molecule has 0 saturated carbocycles. The first-order chi connectivity index (χ1) is 11.3. The summed E-state index contributed by atoms with van der Waals surface area (Å²) in [5, 5.41) is 6.40. The zero-order chi connectivity index (χ0) is 16.3. The molecule has 0 fully saturated rings. The van der Waals surface area contributed by atoms with Gasteiger partial charge in [-0.1, -0.05) is 18.2 Å². The van der Waals surface area contributed by atoms with Crippen molar-refractivity contribution in [1.82, 2.24) is 15.6 Å². The molecule has 1 heterocycles. The molecule has 0 aliphatic rings. The Morgan fingerprint density at radius 3 is 2.67 bits per heavy atom. The summed E-state index contributed by atoms with van der Waals surface area (Å²) >= 11 is 1.78. The summed E-state index contributed by atoms with van der Waals surface area (Å²) in [6.07, 6.45) is 1.57. The predicted octanol–water partition coefficient (Wildman–Crippen LogP) is 3.69. The molecule has 1 aromatic heterocycles. The van der Waals surface area contributed by atoms with Crippen molar-refractivity contribution < 1.29 is 4.39 Å². The van der Waals surface area contributed by atoms with Crippen LogP contribution in [0.2, 0.25) is 0 Å². The van der Waals surface area contributed by atoms with Crippen LogP contribution in [0.15, 0.2) is 58.5 Å². The van der Waals surface area contributed by atoms with E-state index in [9.17, 15) is 4.39 Å². The molecule has 24 heavy (non-hydrogen) atoms. The Hall–Kier alpha value is -1.35. The fourth-order valence-electron chi connectivity index (χ4n) is 1.89. The second-order valence-electron chi connectivity index (χ2n) is 4.72. The summed E-state index contributed by atoms with van der Waals surface area (Å²) in [6.45, 7) is 3.74.